The number of aromatic nitrogens is 2. The molecule has 3 nitrogen and oxygen atoms in total. The Morgan fingerprint density at radius 2 is 1.96 bits per heavy atom. The average molecular weight is 345 g/mol. The molecule has 0 atom stereocenters. The lowest BCUT2D eigenvalue weighted by atomic mass is 9.88. The molecule has 1 aliphatic rings. The summed E-state index contributed by atoms with van der Waals surface area (Å²) in [6.45, 7) is 0.836. The second-order valence-electron chi connectivity index (χ2n) is 6.42. The van der Waals surface area contributed by atoms with E-state index in [0.29, 0.717) is 0 Å². The maximum Gasteiger partial charge on any atom is 0.123 e. The second kappa shape index (κ2) is 7.48. The standard InChI is InChI=1S/C22H20FN3/c23-18-9-7-16(8-10-18)14-20(21-6-3-12-25-21)19-5-2-13-26-22(19)17-4-1-11-24-15-17/h1,3-4,6-12,15,25H,2,5,13-14H2. The van der Waals surface area contributed by atoms with E-state index in [1.807, 2.05) is 36.7 Å². The first-order valence-corrected chi connectivity index (χ1v) is 8.87. The zero-order valence-electron chi connectivity index (χ0n) is 14.5. The summed E-state index contributed by atoms with van der Waals surface area (Å²) in [6.07, 6.45) is 8.32. The third-order valence-electron chi connectivity index (χ3n) is 4.66. The normalized spacial score (nSPS) is 16.3. The van der Waals surface area contributed by atoms with Gasteiger partial charge in [-0.2, -0.15) is 0 Å². The van der Waals surface area contributed by atoms with E-state index in [0.717, 1.165) is 48.3 Å². The van der Waals surface area contributed by atoms with Crippen LogP contribution in [0.3, 0.4) is 0 Å². The van der Waals surface area contributed by atoms with Crippen molar-refractivity contribution in [1.29, 1.82) is 0 Å². The molecule has 0 amide bonds. The fourth-order valence-corrected chi connectivity index (χ4v) is 3.41. The van der Waals surface area contributed by atoms with Crippen molar-refractivity contribution in [2.75, 3.05) is 6.54 Å². The highest BCUT2D eigenvalue weighted by atomic mass is 19.1. The van der Waals surface area contributed by atoms with Gasteiger partial charge in [0.1, 0.15) is 5.82 Å². The van der Waals surface area contributed by atoms with E-state index in [9.17, 15) is 4.39 Å². The maximum absolute atomic E-state index is 13.3. The molecule has 4 heteroatoms. The Morgan fingerprint density at radius 3 is 2.69 bits per heavy atom. The van der Waals surface area contributed by atoms with E-state index in [1.165, 1.54) is 23.3 Å². The van der Waals surface area contributed by atoms with Crippen LogP contribution in [0.15, 0.2) is 77.7 Å². The highest BCUT2D eigenvalue weighted by Crippen LogP contribution is 2.30. The Morgan fingerprint density at radius 1 is 1.08 bits per heavy atom. The monoisotopic (exact) mass is 345 g/mol. The van der Waals surface area contributed by atoms with Crippen LogP contribution in [0.25, 0.3) is 5.57 Å². The van der Waals surface area contributed by atoms with Crippen molar-refractivity contribution in [3.63, 3.8) is 0 Å². The molecule has 1 aliphatic heterocycles. The van der Waals surface area contributed by atoms with Gasteiger partial charge in [0, 0.05) is 36.4 Å². The molecule has 0 spiro atoms. The minimum Gasteiger partial charge on any atom is -0.361 e. The van der Waals surface area contributed by atoms with Crippen molar-refractivity contribution in [2.45, 2.75) is 19.3 Å². The maximum atomic E-state index is 13.3. The summed E-state index contributed by atoms with van der Waals surface area (Å²) in [7, 11) is 0. The summed E-state index contributed by atoms with van der Waals surface area (Å²) >= 11 is 0. The molecular formula is C22H20FN3. The van der Waals surface area contributed by atoms with E-state index in [4.69, 9.17) is 4.99 Å². The van der Waals surface area contributed by atoms with Crippen LogP contribution >= 0.6 is 0 Å². The Balaban J connectivity index is 1.81. The van der Waals surface area contributed by atoms with Gasteiger partial charge in [0.05, 0.1) is 5.71 Å². The van der Waals surface area contributed by atoms with E-state index < -0.39 is 0 Å². The smallest absolute Gasteiger partial charge is 0.123 e. The number of aliphatic imine (C=N–C) groups is 1. The lowest BCUT2D eigenvalue weighted by Crippen LogP contribution is -2.15. The van der Waals surface area contributed by atoms with E-state index in [2.05, 4.69) is 22.1 Å². The third-order valence-corrected chi connectivity index (χ3v) is 4.66. The SMILES string of the molecule is Fc1ccc(CC(=C2CCCN=C2c2cccnc2)c2ccc[nH]2)cc1. The van der Waals surface area contributed by atoms with Gasteiger partial charge in [0.25, 0.3) is 0 Å². The van der Waals surface area contributed by atoms with E-state index >= 15 is 0 Å². The number of H-pyrrole nitrogens is 1. The highest BCUT2D eigenvalue weighted by molar-refractivity contribution is 6.16. The number of hydrogen-bond donors (Lipinski definition) is 1. The second-order valence-corrected chi connectivity index (χ2v) is 6.42. The van der Waals surface area contributed by atoms with Gasteiger partial charge in [0.15, 0.2) is 0 Å². The summed E-state index contributed by atoms with van der Waals surface area (Å²) in [4.78, 5) is 12.4. The van der Waals surface area contributed by atoms with Crippen molar-refractivity contribution in [3.05, 3.63) is 95.3 Å². The molecular weight excluding hydrogens is 325 g/mol. The summed E-state index contributed by atoms with van der Waals surface area (Å²) in [5, 5.41) is 0. The van der Waals surface area contributed by atoms with Gasteiger partial charge < -0.3 is 4.98 Å². The molecule has 3 aromatic rings. The highest BCUT2D eigenvalue weighted by Gasteiger charge is 2.20. The average Bonchev–Trinajstić information content (AvgIpc) is 3.23. The zero-order chi connectivity index (χ0) is 17.8. The molecule has 1 N–H and O–H groups in total. The van der Waals surface area contributed by atoms with E-state index in [-0.39, 0.29) is 5.82 Å². The molecule has 1 aromatic carbocycles. The minimum atomic E-state index is -0.210. The molecule has 0 aliphatic carbocycles. The topological polar surface area (TPSA) is 41.0 Å². The Hall–Kier alpha value is -3.01. The van der Waals surface area contributed by atoms with Gasteiger partial charge in [-0.15, -0.1) is 0 Å². The fraction of sp³-hybridized carbons (Fsp3) is 0.182. The van der Waals surface area contributed by atoms with E-state index in [1.54, 1.807) is 6.20 Å². The minimum absolute atomic E-state index is 0.210. The van der Waals surface area contributed by atoms with Crippen LogP contribution in [0, 0.1) is 5.82 Å². The molecule has 0 bridgehead atoms. The van der Waals surface area contributed by atoms with Crippen molar-refractivity contribution in [1.82, 2.24) is 9.97 Å². The third kappa shape index (κ3) is 3.49. The Labute approximate surface area is 152 Å². The van der Waals surface area contributed by atoms with Gasteiger partial charge in [-0.3, -0.25) is 9.98 Å². The molecule has 3 heterocycles. The number of benzene rings is 1. The molecule has 2 aromatic heterocycles. The van der Waals surface area contributed by atoms with Crippen LogP contribution in [0.5, 0.6) is 0 Å². The quantitative estimate of drug-likeness (QED) is 0.723. The first-order valence-electron chi connectivity index (χ1n) is 8.87. The number of rotatable bonds is 4. The van der Waals surface area contributed by atoms with Gasteiger partial charge >= 0.3 is 0 Å². The summed E-state index contributed by atoms with van der Waals surface area (Å²) < 4.78 is 13.3. The first-order chi connectivity index (χ1) is 12.8. The van der Waals surface area contributed by atoms with Gasteiger partial charge in [-0.25, -0.2) is 4.39 Å². The predicted molar refractivity (Wildman–Crippen MR) is 103 cm³/mol. The van der Waals surface area contributed by atoms with Gasteiger partial charge in [-0.05, 0) is 72.4 Å². The fourth-order valence-electron chi connectivity index (χ4n) is 3.41. The Kier molecular flexibility index (Phi) is 4.73. The molecule has 0 saturated carbocycles. The summed E-state index contributed by atoms with van der Waals surface area (Å²) in [6, 6.07) is 14.8. The number of nitrogens with zero attached hydrogens (tertiary/aromatic N) is 2. The largest absolute Gasteiger partial charge is 0.361 e. The van der Waals surface area contributed by atoms with Crippen LogP contribution in [0.4, 0.5) is 4.39 Å². The Bertz CT molecular complexity index is 923. The van der Waals surface area contributed by atoms with Crippen molar-refractivity contribution < 1.29 is 4.39 Å². The zero-order valence-corrected chi connectivity index (χ0v) is 14.5. The number of hydrogen-bond acceptors (Lipinski definition) is 2. The molecule has 4 rings (SSSR count). The van der Waals surface area contributed by atoms with Crippen LogP contribution in [0.1, 0.15) is 29.7 Å². The molecule has 0 saturated heterocycles. The summed E-state index contributed by atoms with van der Waals surface area (Å²) in [5.41, 5.74) is 6.70. The molecule has 0 unspecified atom stereocenters. The lowest BCUT2D eigenvalue weighted by molar-refractivity contribution is 0.627. The molecule has 26 heavy (non-hydrogen) atoms. The van der Waals surface area contributed by atoms with Crippen LogP contribution in [-0.4, -0.2) is 22.2 Å². The molecule has 0 radical (unpaired) electrons. The van der Waals surface area contributed by atoms with Crippen LogP contribution in [0.2, 0.25) is 0 Å². The van der Waals surface area contributed by atoms with Crippen molar-refractivity contribution in [3.8, 4) is 0 Å². The number of halogens is 1. The van der Waals surface area contributed by atoms with Gasteiger partial charge in [-0.1, -0.05) is 12.1 Å². The first kappa shape index (κ1) is 16.5. The summed E-state index contributed by atoms with van der Waals surface area (Å²) in [5.74, 6) is -0.210. The number of nitrogens with one attached hydrogen (secondary N) is 1. The number of aromatic amines is 1. The van der Waals surface area contributed by atoms with Crippen LogP contribution in [-0.2, 0) is 6.42 Å². The molecule has 0 fully saturated rings. The van der Waals surface area contributed by atoms with Crippen molar-refractivity contribution in [2.24, 2.45) is 4.99 Å². The van der Waals surface area contributed by atoms with Gasteiger partial charge in [0.2, 0.25) is 0 Å². The lowest BCUT2D eigenvalue weighted by Gasteiger charge is -2.21. The molecule has 130 valence electrons. The number of pyridine rings is 1. The number of allylic oxidation sites excluding steroid dienone is 2. The van der Waals surface area contributed by atoms with Crippen molar-refractivity contribution >= 4 is 11.3 Å². The van der Waals surface area contributed by atoms with Crippen LogP contribution < -0.4 is 0 Å². The predicted octanol–water partition coefficient (Wildman–Crippen LogP) is 4.83.